The third kappa shape index (κ3) is 3.92. The van der Waals surface area contributed by atoms with Gasteiger partial charge in [0.2, 0.25) is 0 Å². The van der Waals surface area contributed by atoms with E-state index in [1.54, 1.807) is 24.3 Å². The first-order valence-corrected chi connectivity index (χ1v) is 12.7. The molecule has 0 saturated heterocycles. The average molecular weight is 454 g/mol. The zero-order valence-corrected chi connectivity index (χ0v) is 19.3. The molecule has 3 aromatic rings. The lowest BCUT2D eigenvalue weighted by Crippen LogP contribution is -2.34. The van der Waals surface area contributed by atoms with E-state index in [2.05, 4.69) is 36.2 Å². The summed E-state index contributed by atoms with van der Waals surface area (Å²) in [6.07, 6.45) is 3.09. The Bertz CT molecular complexity index is 1320. The summed E-state index contributed by atoms with van der Waals surface area (Å²) < 4.78 is 30.5. The van der Waals surface area contributed by atoms with Crippen LogP contribution in [0.25, 0.3) is 11.1 Å². The van der Waals surface area contributed by atoms with Crippen LogP contribution in [0.15, 0.2) is 39.8 Å². The zero-order chi connectivity index (χ0) is 22.7. The van der Waals surface area contributed by atoms with Gasteiger partial charge in [-0.25, -0.2) is 13.4 Å². The highest BCUT2D eigenvalue weighted by Crippen LogP contribution is 2.41. The van der Waals surface area contributed by atoms with Crippen LogP contribution >= 0.6 is 0 Å². The molecule has 5 rings (SSSR count). The number of nitrogens with one attached hydrogen (secondary N) is 1. The van der Waals surface area contributed by atoms with Crippen molar-refractivity contribution < 1.29 is 17.7 Å². The van der Waals surface area contributed by atoms with Gasteiger partial charge < -0.3 is 9.84 Å². The van der Waals surface area contributed by atoms with Crippen LogP contribution in [0.2, 0.25) is 0 Å². The quantitative estimate of drug-likeness (QED) is 0.631. The highest BCUT2D eigenvalue weighted by atomic mass is 32.2. The Morgan fingerprint density at radius 3 is 2.66 bits per heavy atom. The molecule has 3 heterocycles. The van der Waals surface area contributed by atoms with Crippen LogP contribution in [-0.2, 0) is 16.3 Å². The molecule has 7 nitrogen and oxygen atoms in total. The van der Waals surface area contributed by atoms with E-state index in [4.69, 9.17) is 4.52 Å². The third-order valence-electron chi connectivity index (χ3n) is 6.09. The number of carbonyl (C=O) groups is 1. The number of hydrogen-bond acceptors (Lipinski definition) is 6. The topological polar surface area (TPSA) is 102 Å². The molecule has 1 aliphatic heterocycles. The summed E-state index contributed by atoms with van der Waals surface area (Å²) >= 11 is 0. The van der Waals surface area contributed by atoms with Crippen LogP contribution in [0.5, 0.6) is 0 Å². The Morgan fingerprint density at radius 2 is 1.94 bits per heavy atom. The summed E-state index contributed by atoms with van der Waals surface area (Å²) in [4.78, 5) is 18.5. The standard InChI is InChI=1S/C24H27N3O4S/c1-24(2,3)13-19-21-16(12-18(14-8-9-14)26-23(21)31-27-19)22(28)25-17-10-11-32(29,30)20-7-5-4-6-15(17)20/h4-7,12,14,17H,8-11,13H2,1-3H3,(H,25,28). The van der Waals surface area contributed by atoms with Gasteiger partial charge in [0, 0.05) is 11.6 Å². The first kappa shape index (κ1) is 21.1. The summed E-state index contributed by atoms with van der Waals surface area (Å²) in [6.45, 7) is 6.33. The molecule has 1 unspecified atom stereocenters. The molecule has 8 heteroatoms. The molecule has 0 radical (unpaired) electrons. The molecule has 1 aliphatic carbocycles. The minimum absolute atomic E-state index is 0.0105. The van der Waals surface area contributed by atoms with Crippen molar-refractivity contribution in [3.63, 3.8) is 0 Å². The largest absolute Gasteiger partial charge is 0.345 e. The second kappa shape index (κ2) is 7.40. The zero-order valence-electron chi connectivity index (χ0n) is 18.5. The average Bonchev–Trinajstić information content (AvgIpc) is 3.51. The molecule has 2 aromatic heterocycles. The predicted molar refractivity (Wildman–Crippen MR) is 120 cm³/mol. The summed E-state index contributed by atoms with van der Waals surface area (Å²) in [5, 5.41) is 7.99. The fourth-order valence-corrected chi connectivity index (χ4v) is 6.02. The van der Waals surface area contributed by atoms with E-state index in [-0.39, 0.29) is 23.1 Å². The molecule has 1 amide bonds. The van der Waals surface area contributed by atoms with Gasteiger partial charge in [-0.2, -0.15) is 0 Å². The van der Waals surface area contributed by atoms with Gasteiger partial charge in [-0.3, -0.25) is 4.79 Å². The Kier molecular flexibility index (Phi) is 4.89. The van der Waals surface area contributed by atoms with E-state index in [9.17, 15) is 13.2 Å². The normalized spacial score (nSPS) is 20.2. The van der Waals surface area contributed by atoms with Gasteiger partial charge in [-0.05, 0) is 48.8 Å². The minimum Gasteiger partial charge on any atom is -0.345 e. The molecule has 2 aliphatic rings. The number of nitrogens with zero attached hydrogens (tertiary/aromatic N) is 2. The smallest absolute Gasteiger partial charge is 0.259 e. The molecule has 1 aromatic carbocycles. The van der Waals surface area contributed by atoms with Crippen molar-refractivity contribution in [2.45, 2.75) is 63.3 Å². The molecule has 1 fully saturated rings. The summed E-state index contributed by atoms with van der Waals surface area (Å²) in [5.74, 6) is 0.107. The number of hydrogen-bond donors (Lipinski definition) is 1. The van der Waals surface area contributed by atoms with Crippen LogP contribution < -0.4 is 5.32 Å². The lowest BCUT2D eigenvalue weighted by Gasteiger charge is -2.26. The molecule has 1 atom stereocenters. The first-order chi connectivity index (χ1) is 15.1. The summed E-state index contributed by atoms with van der Waals surface area (Å²) in [5.41, 5.74) is 3.07. The number of fused-ring (bicyclic) bond motifs is 2. The number of amides is 1. The summed E-state index contributed by atoms with van der Waals surface area (Å²) in [6, 6.07) is 8.39. The van der Waals surface area contributed by atoms with Crippen molar-refractivity contribution in [2.24, 2.45) is 5.41 Å². The lowest BCUT2D eigenvalue weighted by molar-refractivity contribution is 0.0936. The number of carbonyl (C=O) groups excluding carboxylic acids is 1. The maximum atomic E-state index is 13.6. The van der Waals surface area contributed by atoms with Crippen molar-refractivity contribution in [2.75, 3.05) is 5.75 Å². The predicted octanol–water partition coefficient (Wildman–Crippen LogP) is 4.34. The highest BCUT2D eigenvalue weighted by molar-refractivity contribution is 7.91. The highest BCUT2D eigenvalue weighted by Gasteiger charge is 2.33. The SMILES string of the molecule is CC(C)(C)Cc1noc2nc(C3CC3)cc(C(=O)NC3CCS(=O)(=O)c4ccccc43)c12. The van der Waals surface area contributed by atoms with Gasteiger partial charge in [0.1, 0.15) is 0 Å². The maximum Gasteiger partial charge on any atom is 0.259 e. The lowest BCUT2D eigenvalue weighted by atomic mass is 9.89. The number of pyridine rings is 1. The molecule has 0 spiro atoms. The Balaban J connectivity index is 1.55. The van der Waals surface area contributed by atoms with Crippen LogP contribution in [0.4, 0.5) is 0 Å². The number of benzene rings is 1. The van der Waals surface area contributed by atoms with Crippen molar-refractivity contribution in [3.05, 3.63) is 52.8 Å². The van der Waals surface area contributed by atoms with Gasteiger partial charge in [0.25, 0.3) is 11.6 Å². The minimum atomic E-state index is -3.32. The monoisotopic (exact) mass is 453 g/mol. The fourth-order valence-electron chi connectivity index (χ4n) is 4.40. The first-order valence-electron chi connectivity index (χ1n) is 11.0. The fraction of sp³-hybridized carbons (Fsp3) is 0.458. The van der Waals surface area contributed by atoms with Gasteiger partial charge in [-0.15, -0.1) is 0 Å². The molecule has 32 heavy (non-hydrogen) atoms. The Hall–Kier alpha value is -2.74. The number of aromatic nitrogens is 2. The molecule has 1 saturated carbocycles. The van der Waals surface area contributed by atoms with E-state index in [0.29, 0.717) is 45.9 Å². The van der Waals surface area contributed by atoms with Crippen molar-refractivity contribution in [1.29, 1.82) is 0 Å². The number of sulfone groups is 1. The Morgan fingerprint density at radius 1 is 1.19 bits per heavy atom. The van der Waals surface area contributed by atoms with Gasteiger partial charge in [-0.1, -0.05) is 44.1 Å². The van der Waals surface area contributed by atoms with Gasteiger partial charge in [0.05, 0.1) is 33.3 Å². The summed E-state index contributed by atoms with van der Waals surface area (Å²) in [7, 11) is -3.32. The van der Waals surface area contributed by atoms with Crippen molar-refractivity contribution in [3.8, 4) is 0 Å². The van der Waals surface area contributed by atoms with Crippen molar-refractivity contribution in [1.82, 2.24) is 15.5 Å². The number of rotatable bonds is 4. The van der Waals surface area contributed by atoms with Crippen LogP contribution in [0, 0.1) is 5.41 Å². The van der Waals surface area contributed by atoms with E-state index in [0.717, 1.165) is 24.2 Å². The van der Waals surface area contributed by atoms with Crippen LogP contribution in [-0.4, -0.2) is 30.2 Å². The van der Waals surface area contributed by atoms with E-state index < -0.39 is 9.84 Å². The molecule has 1 N–H and O–H groups in total. The van der Waals surface area contributed by atoms with E-state index >= 15 is 0 Å². The van der Waals surface area contributed by atoms with E-state index in [1.165, 1.54) is 0 Å². The third-order valence-corrected chi connectivity index (χ3v) is 7.90. The maximum absolute atomic E-state index is 13.6. The van der Waals surface area contributed by atoms with Crippen molar-refractivity contribution >= 4 is 26.8 Å². The van der Waals surface area contributed by atoms with Crippen LogP contribution in [0.1, 0.15) is 79.3 Å². The Labute approximate surface area is 187 Å². The van der Waals surface area contributed by atoms with Crippen LogP contribution in [0.3, 0.4) is 0 Å². The molecule has 0 bridgehead atoms. The molecular formula is C24H27N3O4S. The second-order valence-electron chi connectivity index (χ2n) is 10.1. The molecular weight excluding hydrogens is 426 g/mol. The van der Waals surface area contributed by atoms with Gasteiger partial charge in [0.15, 0.2) is 9.84 Å². The molecule has 168 valence electrons. The second-order valence-corrected chi connectivity index (χ2v) is 12.2. The van der Waals surface area contributed by atoms with E-state index in [1.807, 2.05) is 6.07 Å². The van der Waals surface area contributed by atoms with Gasteiger partial charge >= 0.3 is 0 Å².